The molecule has 0 spiro atoms. The predicted molar refractivity (Wildman–Crippen MR) is 209 cm³/mol. The van der Waals surface area contributed by atoms with E-state index in [0.29, 0.717) is 58.5 Å². The molecule has 3 aromatic carbocycles. The lowest BCUT2D eigenvalue weighted by molar-refractivity contribution is -0.151. The number of nitrogens with one attached hydrogen (secondary N) is 1. The minimum absolute atomic E-state index is 0.0107. The minimum atomic E-state index is -1.10. The molecule has 306 valence electrons. The molecule has 16 heteroatoms. The Morgan fingerprint density at radius 2 is 1.79 bits per heavy atom. The number of nitrogens with zero attached hydrogens (tertiary/aromatic N) is 3. The van der Waals surface area contributed by atoms with E-state index in [-0.39, 0.29) is 38.4 Å². The number of hydrogen-bond acceptors (Lipinski definition) is 15. The number of rotatable bonds is 9. The van der Waals surface area contributed by atoms with Gasteiger partial charge in [0.05, 0.1) is 37.1 Å². The van der Waals surface area contributed by atoms with E-state index in [4.69, 9.17) is 37.9 Å². The summed E-state index contributed by atoms with van der Waals surface area (Å²) in [6, 6.07) is 10.2. The number of ether oxygens (including phenoxy) is 8. The van der Waals surface area contributed by atoms with Gasteiger partial charge in [-0.05, 0) is 44.0 Å². The Kier molecular flexibility index (Phi) is 11.1. The molecule has 1 amide bonds. The monoisotopic (exact) mass is 814 g/mol. The minimum Gasteiger partial charge on any atom is -0.493 e. The van der Waals surface area contributed by atoms with Gasteiger partial charge in [-0.2, -0.15) is 5.26 Å². The molecule has 0 aliphatic carbocycles. The average molecular weight is 815 g/mol. The summed E-state index contributed by atoms with van der Waals surface area (Å²) in [4.78, 5) is 44.5. The summed E-state index contributed by atoms with van der Waals surface area (Å²) in [5.41, 5.74) is 5.52. The fourth-order valence-corrected chi connectivity index (χ4v) is 10.8. The van der Waals surface area contributed by atoms with Crippen molar-refractivity contribution < 1.29 is 52.3 Å². The zero-order valence-electron chi connectivity index (χ0n) is 33.2. The Bertz CT molecular complexity index is 2160. The smallest absolute Gasteiger partial charge is 0.408 e. The molecular weight excluding hydrogens is 769 g/mol. The summed E-state index contributed by atoms with van der Waals surface area (Å²) in [5.74, 6) is 1.25. The molecule has 15 nitrogen and oxygen atoms in total. The van der Waals surface area contributed by atoms with Crippen molar-refractivity contribution in [3.63, 3.8) is 0 Å². The Morgan fingerprint density at radius 1 is 1.02 bits per heavy atom. The van der Waals surface area contributed by atoms with Crippen molar-refractivity contribution in [2.45, 2.75) is 75.3 Å². The zero-order chi connectivity index (χ0) is 40.8. The van der Waals surface area contributed by atoms with Gasteiger partial charge in [0.2, 0.25) is 6.79 Å². The molecule has 9 rings (SSSR count). The maximum atomic E-state index is 14.0. The van der Waals surface area contributed by atoms with E-state index < -0.39 is 53.5 Å². The SMILES string of the molecule is COCCOc1c(OC)c(C)cc2c1[C@@H]1C3[C@@H]4SC[C@H](NC(=O)OCc5ccccc5)C(=O)OC[C@@H](c5c6c(c(C)c(OC(C)=O)c54)OCO6)N3[C@@H](C#N)[C@H](C2)N1C. The maximum Gasteiger partial charge on any atom is 0.408 e. The third-order valence-corrected chi connectivity index (χ3v) is 13.1. The molecule has 6 heterocycles. The highest BCUT2D eigenvalue weighted by molar-refractivity contribution is 7.99. The molecule has 7 atom stereocenters. The number of alkyl carbamates (subject to hydrolysis) is 1. The topological polar surface area (TPSA) is 167 Å². The second-order valence-corrected chi connectivity index (χ2v) is 16.1. The molecule has 0 radical (unpaired) electrons. The van der Waals surface area contributed by atoms with Gasteiger partial charge in [-0.25, -0.2) is 9.59 Å². The maximum absolute atomic E-state index is 14.0. The van der Waals surface area contributed by atoms with Crippen LogP contribution in [0.15, 0.2) is 36.4 Å². The summed E-state index contributed by atoms with van der Waals surface area (Å²) in [6.45, 7) is 5.49. The van der Waals surface area contributed by atoms with Crippen LogP contribution < -0.4 is 29.0 Å². The molecule has 0 aromatic heterocycles. The van der Waals surface area contributed by atoms with Crippen LogP contribution in [-0.2, 0) is 36.8 Å². The van der Waals surface area contributed by atoms with Gasteiger partial charge < -0.3 is 43.2 Å². The van der Waals surface area contributed by atoms with Crippen molar-refractivity contribution >= 4 is 29.8 Å². The Hall–Kier alpha value is -5.21. The first kappa shape index (κ1) is 39.6. The van der Waals surface area contributed by atoms with Gasteiger partial charge in [0.15, 0.2) is 23.0 Å². The molecule has 1 N–H and O–H groups in total. The van der Waals surface area contributed by atoms with Crippen molar-refractivity contribution in [1.29, 1.82) is 5.26 Å². The summed E-state index contributed by atoms with van der Waals surface area (Å²) in [5, 5.41) is 13.3. The number of carbonyl (C=O) groups excluding carboxylic acids is 3. The number of methoxy groups -OCH3 is 2. The second kappa shape index (κ2) is 16.2. The van der Waals surface area contributed by atoms with Crippen LogP contribution in [0.3, 0.4) is 0 Å². The highest BCUT2D eigenvalue weighted by atomic mass is 32.2. The van der Waals surface area contributed by atoms with E-state index in [2.05, 4.69) is 27.3 Å². The molecule has 2 fully saturated rings. The average Bonchev–Trinajstić information content (AvgIpc) is 3.70. The van der Waals surface area contributed by atoms with Crippen molar-refractivity contribution in [1.82, 2.24) is 15.1 Å². The van der Waals surface area contributed by atoms with Gasteiger partial charge in [-0.15, -0.1) is 11.8 Å². The number of fused-ring (bicyclic) bond motifs is 10. The standard InChI is InChI=1S/C42H46N4O11S/c1-21-14-25-15-27-28(16-43)46-29-18-53-41(48)26(44-42(49)54-17-24-10-8-7-9-11-24)19-58-40(32-31(29)39-37(55-20-56-39)22(2)36(32)57-23(3)47)34(46)33(45(27)4)30(25)38(35(21)51-6)52-13-12-50-5/h7-11,14,26-29,33-34,40H,12-13,15,17-20H2,1-6H3,(H,44,49)/t26-,27-,28-,29-,33+,34?,40+/m0/s1. The first-order valence-corrected chi connectivity index (χ1v) is 20.2. The van der Waals surface area contributed by atoms with Crippen LogP contribution >= 0.6 is 11.8 Å². The third kappa shape index (κ3) is 6.73. The normalized spacial score (nSPS) is 25.6. The van der Waals surface area contributed by atoms with Crippen LogP contribution in [0.5, 0.6) is 28.7 Å². The van der Waals surface area contributed by atoms with Crippen LogP contribution in [0, 0.1) is 25.2 Å². The molecule has 0 saturated carbocycles. The van der Waals surface area contributed by atoms with Crippen molar-refractivity contribution in [3.8, 4) is 34.8 Å². The van der Waals surface area contributed by atoms with Crippen LogP contribution in [-0.4, -0.2) is 106 Å². The summed E-state index contributed by atoms with van der Waals surface area (Å²) in [6.07, 6.45) is -0.241. The fourth-order valence-electron chi connectivity index (χ4n) is 9.32. The Balaban J connectivity index is 1.31. The number of likely N-dealkylation sites (N-methyl/N-ethyl adjacent to an activating group) is 1. The molecule has 3 aromatic rings. The lowest BCUT2D eigenvalue weighted by Crippen LogP contribution is -2.69. The highest BCUT2D eigenvalue weighted by Crippen LogP contribution is 2.64. The van der Waals surface area contributed by atoms with Gasteiger partial charge in [0.25, 0.3) is 0 Å². The molecule has 58 heavy (non-hydrogen) atoms. The number of thioether (sulfide) groups is 1. The first-order chi connectivity index (χ1) is 28.1. The zero-order valence-corrected chi connectivity index (χ0v) is 34.0. The van der Waals surface area contributed by atoms with E-state index in [9.17, 15) is 19.6 Å². The molecule has 1 unspecified atom stereocenters. The van der Waals surface area contributed by atoms with Gasteiger partial charge in [0.1, 0.15) is 37.7 Å². The molecule has 4 bridgehead atoms. The largest absolute Gasteiger partial charge is 0.493 e. The van der Waals surface area contributed by atoms with E-state index >= 15 is 0 Å². The number of benzene rings is 3. The number of piperazine rings is 1. The van der Waals surface area contributed by atoms with Crippen LogP contribution in [0.2, 0.25) is 0 Å². The number of carbonyl (C=O) groups is 3. The number of amides is 1. The third-order valence-electron chi connectivity index (χ3n) is 11.7. The van der Waals surface area contributed by atoms with E-state index in [0.717, 1.165) is 22.3 Å². The van der Waals surface area contributed by atoms with Gasteiger partial charge in [-0.3, -0.25) is 14.6 Å². The van der Waals surface area contributed by atoms with E-state index in [1.807, 2.05) is 51.2 Å². The Labute approximate surface area is 340 Å². The number of nitriles is 1. The predicted octanol–water partition coefficient (Wildman–Crippen LogP) is 4.85. The molecule has 2 saturated heterocycles. The van der Waals surface area contributed by atoms with E-state index in [1.54, 1.807) is 14.2 Å². The van der Waals surface area contributed by atoms with Gasteiger partial charge in [0, 0.05) is 54.1 Å². The van der Waals surface area contributed by atoms with Gasteiger partial charge >= 0.3 is 18.0 Å². The van der Waals surface area contributed by atoms with E-state index in [1.165, 1.54) is 18.7 Å². The lowest BCUT2D eigenvalue weighted by atomic mass is 9.71. The summed E-state index contributed by atoms with van der Waals surface area (Å²) < 4.78 is 47.9. The van der Waals surface area contributed by atoms with Crippen molar-refractivity contribution in [3.05, 3.63) is 75.3 Å². The number of aryl methyl sites for hydroxylation is 1. The quantitative estimate of drug-likeness (QED) is 0.177. The van der Waals surface area contributed by atoms with Crippen LogP contribution in [0.1, 0.15) is 63.2 Å². The Morgan fingerprint density at radius 3 is 2.52 bits per heavy atom. The first-order valence-electron chi connectivity index (χ1n) is 19.2. The lowest BCUT2D eigenvalue weighted by Gasteiger charge is -2.61. The fraction of sp³-hybridized carbons (Fsp3) is 0.476. The van der Waals surface area contributed by atoms with Crippen molar-refractivity contribution in [2.24, 2.45) is 0 Å². The molecule has 6 aliphatic heterocycles. The summed E-state index contributed by atoms with van der Waals surface area (Å²) >= 11 is 1.40. The molecular formula is C42H46N4O11S. The van der Waals surface area contributed by atoms with Gasteiger partial charge in [-0.1, -0.05) is 36.4 Å². The van der Waals surface area contributed by atoms with Crippen LogP contribution in [0.4, 0.5) is 4.79 Å². The second-order valence-electron chi connectivity index (χ2n) is 15.0. The number of hydrogen-bond donors (Lipinski definition) is 1. The highest BCUT2D eigenvalue weighted by Gasteiger charge is 2.61. The number of esters is 2. The summed E-state index contributed by atoms with van der Waals surface area (Å²) in [7, 11) is 5.25. The van der Waals surface area contributed by atoms with Crippen LogP contribution in [0.25, 0.3) is 0 Å². The van der Waals surface area contributed by atoms with Crippen molar-refractivity contribution in [2.75, 3.05) is 53.6 Å². The molecule has 6 aliphatic rings.